The first-order valence-electron chi connectivity index (χ1n) is 7.94. The Bertz CT molecular complexity index is 865. The van der Waals surface area contributed by atoms with Gasteiger partial charge < -0.3 is 5.73 Å². The number of guanidine groups is 1. The van der Waals surface area contributed by atoms with Crippen LogP contribution in [0.4, 0.5) is 10.1 Å². The monoisotopic (exact) mass is 370 g/mol. The lowest BCUT2D eigenvalue weighted by atomic mass is 9.93. The highest BCUT2D eigenvalue weighted by Gasteiger charge is 2.42. The third-order valence-corrected chi connectivity index (χ3v) is 6.98. The summed E-state index contributed by atoms with van der Waals surface area (Å²) in [6, 6.07) is 3.81. The molecule has 136 valence electrons. The third kappa shape index (κ3) is 3.06. The van der Waals surface area contributed by atoms with Gasteiger partial charge in [0.1, 0.15) is 21.3 Å². The van der Waals surface area contributed by atoms with Crippen molar-refractivity contribution in [3.63, 3.8) is 0 Å². The van der Waals surface area contributed by atoms with Crippen LogP contribution in [0.1, 0.15) is 25.3 Å². The van der Waals surface area contributed by atoms with Crippen LogP contribution in [0.2, 0.25) is 0 Å². The highest BCUT2D eigenvalue weighted by Crippen LogP contribution is 2.36. The number of halogens is 1. The average molecular weight is 370 g/mol. The second-order valence-electron chi connectivity index (χ2n) is 6.26. The Kier molecular flexibility index (Phi) is 4.40. The van der Waals surface area contributed by atoms with Crippen LogP contribution in [0.3, 0.4) is 0 Å². The highest BCUT2D eigenvalue weighted by molar-refractivity contribution is 7.92. The maximum atomic E-state index is 14.5. The summed E-state index contributed by atoms with van der Waals surface area (Å²) in [6.45, 7) is 2.63. The molecule has 2 atom stereocenters. The summed E-state index contributed by atoms with van der Waals surface area (Å²) in [6.07, 6.45) is 1.64. The van der Waals surface area contributed by atoms with E-state index in [-0.39, 0.29) is 27.9 Å². The molecule has 2 aliphatic rings. The van der Waals surface area contributed by atoms with Crippen LogP contribution in [0.25, 0.3) is 0 Å². The minimum Gasteiger partial charge on any atom is -0.369 e. The lowest BCUT2D eigenvalue weighted by Gasteiger charge is -2.38. The Morgan fingerprint density at radius 1 is 1.44 bits per heavy atom. The summed E-state index contributed by atoms with van der Waals surface area (Å²) in [5.41, 5.74) is 5.10. The van der Waals surface area contributed by atoms with Crippen molar-refractivity contribution in [1.29, 1.82) is 0 Å². The van der Waals surface area contributed by atoms with Gasteiger partial charge in [0.2, 0.25) is 5.96 Å². The number of nitrogens with two attached hydrogens (primary N) is 1. The van der Waals surface area contributed by atoms with Crippen LogP contribution in [0.15, 0.2) is 27.6 Å². The minimum absolute atomic E-state index is 0.00686. The Morgan fingerprint density at radius 2 is 2.20 bits per heavy atom. The summed E-state index contributed by atoms with van der Waals surface area (Å²) in [5.74, 6) is -0.468. The van der Waals surface area contributed by atoms with Gasteiger partial charge in [-0.25, -0.2) is 22.8 Å². The second kappa shape index (κ2) is 6.25. The summed E-state index contributed by atoms with van der Waals surface area (Å²) in [5, 5.41) is 0. The SMILES string of the molecule is CO[N+](=O)c1ccc(F)c([C@]2(C)CS3(=O)=NCCCCN3C(N)=N2)c1. The molecule has 0 aromatic heterocycles. The number of rotatable bonds is 3. The first kappa shape index (κ1) is 17.6. The summed E-state index contributed by atoms with van der Waals surface area (Å²) >= 11 is 0. The Morgan fingerprint density at radius 3 is 2.92 bits per heavy atom. The van der Waals surface area contributed by atoms with Gasteiger partial charge >= 0.3 is 5.69 Å². The molecule has 1 aromatic carbocycles. The molecule has 0 saturated heterocycles. The van der Waals surface area contributed by atoms with Gasteiger partial charge in [-0.05, 0) is 25.8 Å². The van der Waals surface area contributed by atoms with E-state index in [4.69, 9.17) is 5.73 Å². The van der Waals surface area contributed by atoms with Crippen LogP contribution in [-0.2, 0) is 20.3 Å². The zero-order chi connectivity index (χ0) is 18.2. The maximum absolute atomic E-state index is 14.5. The number of hydrogen-bond acceptors (Lipinski definition) is 6. The summed E-state index contributed by atoms with van der Waals surface area (Å²) in [4.78, 5) is 21.0. The molecule has 3 rings (SSSR count). The normalized spacial score (nSPS) is 29.1. The Hall–Kier alpha value is -2.23. The standard InChI is InChI=1S/C15H21FN5O3S/c1-15(12-9-11(21(22)24-2)5-6-13(12)16)10-25(23)18-7-3-4-8-20(25)14(17)19-15/h5-6,9H,3-4,7-8,10H2,1-2H3,(H2,17,19)/q+1/t15-,25?/m0/s1. The molecule has 0 fully saturated rings. The molecule has 8 nitrogen and oxygen atoms in total. The first-order chi connectivity index (χ1) is 11.8. The molecule has 2 aliphatic heterocycles. The van der Waals surface area contributed by atoms with Crippen molar-refractivity contribution < 1.29 is 18.4 Å². The highest BCUT2D eigenvalue weighted by atomic mass is 32.2. The van der Waals surface area contributed by atoms with Gasteiger partial charge in [-0.1, -0.05) is 0 Å². The van der Waals surface area contributed by atoms with Crippen LogP contribution >= 0.6 is 0 Å². The average Bonchev–Trinajstić information content (AvgIpc) is 2.75. The molecule has 25 heavy (non-hydrogen) atoms. The zero-order valence-corrected chi connectivity index (χ0v) is 15.0. The molecule has 0 spiro atoms. The molecule has 1 unspecified atom stereocenters. The minimum atomic E-state index is -2.82. The fourth-order valence-electron chi connectivity index (χ4n) is 3.16. The number of benzene rings is 1. The van der Waals surface area contributed by atoms with Gasteiger partial charge in [0.15, 0.2) is 7.11 Å². The van der Waals surface area contributed by atoms with E-state index in [9.17, 15) is 13.5 Å². The van der Waals surface area contributed by atoms with Crippen LogP contribution < -0.4 is 5.73 Å². The fourth-order valence-corrected chi connectivity index (χ4v) is 5.66. The van der Waals surface area contributed by atoms with Crippen molar-refractivity contribution in [2.45, 2.75) is 25.3 Å². The van der Waals surface area contributed by atoms with Crippen LogP contribution in [0.5, 0.6) is 0 Å². The molecular formula is C15H21FN5O3S+. The molecule has 0 saturated carbocycles. The lowest BCUT2D eigenvalue weighted by Crippen LogP contribution is -2.52. The molecule has 2 heterocycles. The molecule has 2 N–H and O–H groups in total. The largest absolute Gasteiger partial charge is 0.369 e. The molecule has 0 amide bonds. The van der Waals surface area contributed by atoms with Gasteiger partial charge in [-0.3, -0.25) is 4.31 Å². The Labute approximate surface area is 145 Å². The number of nitrogens with zero attached hydrogens (tertiary/aromatic N) is 4. The van der Waals surface area contributed by atoms with E-state index >= 15 is 0 Å². The van der Waals surface area contributed by atoms with Crippen LogP contribution in [-0.4, -0.2) is 45.3 Å². The van der Waals surface area contributed by atoms with E-state index in [0.29, 0.717) is 13.1 Å². The quantitative estimate of drug-likeness (QED) is 0.820. The van der Waals surface area contributed by atoms with Gasteiger partial charge in [0, 0.05) is 24.2 Å². The Balaban J connectivity index is 2.14. The van der Waals surface area contributed by atoms with Gasteiger partial charge in [-0.2, -0.15) is 0 Å². The lowest BCUT2D eigenvalue weighted by molar-refractivity contribution is -0.736. The maximum Gasteiger partial charge on any atom is 0.317 e. The van der Waals surface area contributed by atoms with Crippen molar-refractivity contribution in [3.8, 4) is 0 Å². The van der Waals surface area contributed by atoms with Crippen LogP contribution in [0, 0.1) is 10.7 Å². The predicted molar refractivity (Wildman–Crippen MR) is 91.9 cm³/mol. The summed E-state index contributed by atoms with van der Waals surface area (Å²) in [7, 11) is -1.60. The molecule has 10 heteroatoms. The first-order valence-corrected chi connectivity index (χ1v) is 9.58. The summed E-state index contributed by atoms with van der Waals surface area (Å²) < 4.78 is 33.7. The number of aliphatic imine (C=N–C) groups is 1. The smallest absolute Gasteiger partial charge is 0.317 e. The van der Waals surface area contributed by atoms with E-state index < -0.39 is 21.3 Å². The molecule has 1 aromatic rings. The topological polar surface area (TPSA) is 100 Å². The number of fused-ring (bicyclic) bond motifs is 1. The van der Waals surface area contributed by atoms with E-state index in [2.05, 4.69) is 14.2 Å². The molecule has 0 bridgehead atoms. The van der Waals surface area contributed by atoms with Gasteiger partial charge in [0.25, 0.3) is 4.92 Å². The van der Waals surface area contributed by atoms with Crippen molar-refractivity contribution in [2.75, 3.05) is 26.0 Å². The predicted octanol–water partition coefficient (Wildman–Crippen LogP) is 1.82. The molecule has 0 aliphatic carbocycles. The number of hydrogen-bond donors (Lipinski definition) is 1. The van der Waals surface area contributed by atoms with Crippen molar-refractivity contribution in [1.82, 2.24) is 4.31 Å². The van der Waals surface area contributed by atoms with E-state index in [1.54, 1.807) is 6.92 Å². The van der Waals surface area contributed by atoms with E-state index in [1.807, 2.05) is 0 Å². The zero-order valence-electron chi connectivity index (χ0n) is 14.1. The van der Waals surface area contributed by atoms with Crippen molar-refractivity contribution in [2.24, 2.45) is 15.1 Å². The van der Waals surface area contributed by atoms with Crippen molar-refractivity contribution in [3.05, 3.63) is 34.5 Å². The van der Waals surface area contributed by atoms with E-state index in [1.165, 1.54) is 23.5 Å². The molecular weight excluding hydrogens is 349 g/mol. The second-order valence-corrected chi connectivity index (χ2v) is 8.46. The van der Waals surface area contributed by atoms with Crippen molar-refractivity contribution >= 4 is 21.6 Å². The van der Waals surface area contributed by atoms with Gasteiger partial charge in [0.05, 0.1) is 17.2 Å². The van der Waals surface area contributed by atoms with E-state index in [0.717, 1.165) is 18.9 Å². The van der Waals surface area contributed by atoms with Gasteiger partial charge in [-0.15, -0.1) is 0 Å². The third-order valence-electron chi connectivity index (χ3n) is 4.40. The fraction of sp³-hybridized carbons (Fsp3) is 0.533. The molecule has 0 radical (unpaired) electrons.